The number of primary amides is 1. The second kappa shape index (κ2) is 9.33. The summed E-state index contributed by atoms with van der Waals surface area (Å²) >= 11 is 0. The van der Waals surface area contributed by atoms with Crippen molar-refractivity contribution in [3.63, 3.8) is 0 Å². The van der Waals surface area contributed by atoms with Crippen molar-refractivity contribution in [3.05, 3.63) is 103 Å². The van der Waals surface area contributed by atoms with Crippen LogP contribution in [-0.2, 0) is 6.61 Å². The van der Waals surface area contributed by atoms with Crippen molar-refractivity contribution in [1.29, 1.82) is 0 Å². The minimum Gasteiger partial charge on any atom is -0.487 e. The van der Waals surface area contributed by atoms with E-state index in [2.05, 4.69) is 15.3 Å². The van der Waals surface area contributed by atoms with Crippen LogP contribution in [0.3, 0.4) is 0 Å². The molecule has 3 N–H and O–H groups in total. The number of anilines is 2. The smallest absolute Gasteiger partial charge is 0.250 e. The number of hydrogen-bond acceptors (Lipinski definition) is 7. The maximum Gasteiger partial charge on any atom is 0.250 e. The number of amides is 1. The van der Waals surface area contributed by atoms with Gasteiger partial charge in [-0.05, 0) is 54.6 Å². The summed E-state index contributed by atoms with van der Waals surface area (Å²) in [5.74, 6) is 1.12. The molecular formula is C26H20N6O2. The van der Waals surface area contributed by atoms with Crippen molar-refractivity contribution in [1.82, 2.24) is 19.9 Å². The number of nitrogens with one attached hydrogen (secondary N) is 1. The molecular weight excluding hydrogens is 428 g/mol. The number of carbonyl (C=O) groups excluding carboxylic acids is 1. The zero-order chi connectivity index (χ0) is 23.3. The molecule has 5 aromatic rings. The molecule has 0 saturated heterocycles. The number of fused-ring (bicyclic) bond motifs is 1. The topological polar surface area (TPSA) is 116 Å². The molecule has 2 aromatic carbocycles. The summed E-state index contributed by atoms with van der Waals surface area (Å²) < 4.78 is 5.95. The van der Waals surface area contributed by atoms with Crippen molar-refractivity contribution >= 4 is 28.3 Å². The second-order valence-electron chi connectivity index (χ2n) is 7.46. The second-order valence-corrected chi connectivity index (χ2v) is 7.46. The van der Waals surface area contributed by atoms with Crippen LogP contribution in [0.15, 0.2) is 91.4 Å². The monoisotopic (exact) mass is 448 g/mol. The van der Waals surface area contributed by atoms with E-state index >= 15 is 0 Å². The van der Waals surface area contributed by atoms with Gasteiger partial charge in [0.15, 0.2) is 5.82 Å². The van der Waals surface area contributed by atoms with Gasteiger partial charge in [0.1, 0.15) is 18.2 Å². The fourth-order valence-electron chi connectivity index (χ4n) is 3.49. The van der Waals surface area contributed by atoms with E-state index in [0.717, 1.165) is 16.6 Å². The predicted octanol–water partition coefficient (Wildman–Crippen LogP) is 4.51. The summed E-state index contributed by atoms with van der Waals surface area (Å²) in [6.45, 7) is 0.328. The quantitative estimate of drug-likeness (QED) is 0.376. The van der Waals surface area contributed by atoms with Gasteiger partial charge in [-0.3, -0.25) is 14.8 Å². The van der Waals surface area contributed by atoms with Gasteiger partial charge < -0.3 is 15.8 Å². The molecule has 5 rings (SSSR count). The van der Waals surface area contributed by atoms with Gasteiger partial charge in [-0.2, -0.15) is 0 Å². The molecule has 3 aromatic heterocycles. The molecule has 0 fully saturated rings. The number of para-hydroxylation sites is 1. The molecule has 0 radical (unpaired) electrons. The number of aromatic nitrogens is 4. The molecule has 34 heavy (non-hydrogen) atoms. The van der Waals surface area contributed by atoms with Gasteiger partial charge in [0, 0.05) is 29.5 Å². The SMILES string of the molecule is NC(=O)c1ccccc1Nc1nc(-c2cccnc2)nc2ccc(OCc3ccccn3)cc12. The summed E-state index contributed by atoms with van der Waals surface area (Å²) in [5.41, 5.74) is 8.78. The third-order valence-corrected chi connectivity index (χ3v) is 5.15. The lowest BCUT2D eigenvalue weighted by Crippen LogP contribution is -2.13. The molecule has 0 bridgehead atoms. The van der Waals surface area contributed by atoms with Crippen LogP contribution < -0.4 is 15.8 Å². The van der Waals surface area contributed by atoms with E-state index < -0.39 is 5.91 Å². The number of nitrogens with zero attached hydrogens (tertiary/aromatic N) is 4. The van der Waals surface area contributed by atoms with Crippen molar-refractivity contribution in [2.45, 2.75) is 6.61 Å². The highest BCUT2D eigenvalue weighted by molar-refractivity contribution is 6.01. The Kier molecular flexibility index (Phi) is 5.77. The Bertz CT molecular complexity index is 1460. The summed E-state index contributed by atoms with van der Waals surface area (Å²) in [5, 5.41) is 4.00. The van der Waals surface area contributed by atoms with E-state index in [0.29, 0.717) is 40.8 Å². The number of benzene rings is 2. The van der Waals surface area contributed by atoms with E-state index in [1.165, 1.54) is 0 Å². The van der Waals surface area contributed by atoms with Crippen molar-refractivity contribution in [2.75, 3.05) is 5.32 Å². The summed E-state index contributed by atoms with van der Waals surface area (Å²) in [6, 6.07) is 22.0. The van der Waals surface area contributed by atoms with Crippen LogP contribution in [0.4, 0.5) is 11.5 Å². The Morgan fingerprint density at radius 3 is 2.62 bits per heavy atom. The molecule has 8 heteroatoms. The summed E-state index contributed by atoms with van der Waals surface area (Å²) in [6.07, 6.45) is 5.12. The van der Waals surface area contributed by atoms with Crippen LogP contribution in [0.2, 0.25) is 0 Å². The van der Waals surface area contributed by atoms with Crippen LogP contribution in [0, 0.1) is 0 Å². The van der Waals surface area contributed by atoms with Gasteiger partial charge in [-0.15, -0.1) is 0 Å². The van der Waals surface area contributed by atoms with Crippen LogP contribution in [0.5, 0.6) is 5.75 Å². The number of nitrogens with two attached hydrogens (primary N) is 1. The molecule has 0 spiro atoms. The highest BCUT2D eigenvalue weighted by Gasteiger charge is 2.14. The summed E-state index contributed by atoms with van der Waals surface area (Å²) in [7, 11) is 0. The highest BCUT2D eigenvalue weighted by Crippen LogP contribution is 2.31. The Balaban J connectivity index is 1.58. The van der Waals surface area contributed by atoms with E-state index in [4.69, 9.17) is 20.4 Å². The zero-order valence-corrected chi connectivity index (χ0v) is 18.1. The van der Waals surface area contributed by atoms with Gasteiger partial charge in [0.2, 0.25) is 0 Å². The maximum atomic E-state index is 12.0. The van der Waals surface area contributed by atoms with Crippen LogP contribution >= 0.6 is 0 Å². The van der Waals surface area contributed by atoms with E-state index in [9.17, 15) is 4.79 Å². The first kappa shape index (κ1) is 21.0. The summed E-state index contributed by atoms with van der Waals surface area (Å²) in [4.78, 5) is 29.9. The molecule has 3 heterocycles. The average molecular weight is 448 g/mol. The average Bonchev–Trinajstić information content (AvgIpc) is 2.89. The first-order chi connectivity index (χ1) is 16.7. The minimum atomic E-state index is -0.534. The molecule has 166 valence electrons. The van der Waals surface area contributed by atoms with Gasteiger partial charge in [-0.1, -0.05) is 18.2 Å². The number of rotatable bonds is 7. The maximum absolute atomic E-state index is 12.0. The van der Waals surface area contributed by atoms with Gasteiger partial charge >= 0.3 is 0 Å². The first-order valence-electron chi connectivity index (χ1n) is 10.6. The minimum absolute atomic E-state index is 0.328. The number of carbonyl (C=O) groups is 1. The fourth-order valence-corrected chi connectivity index (χ4v) is 3.49. The molecule has 0 aliphatic heterocycles. The van der Waals surface area contributed by atoms with Gasteiger partial charge in [-0.25, -0.2) is 9.97 Å². The van der Waals surface area contributed by atoms with Crippen molar-refractivity contribution in [2.24, 2.45) is 5.73 Å². The Morgan fingerprint density at radius 2 is 1.82 bits per heavy atom. The van der Waals surface area contributed by atoms with Gasteiger partial charge in [0.05, 0.1) is 22.5 Å². The fraction of sp³-hybridized carbons (Fsp3) is 0.0385. The lowest BCUT2D eigenvalue weighted by molar-refractivity contribution is 0.100. The Hall–Kier alpha value is -4.85. The largest absolute Gasteiger partial charge is 0.487 e. The molecule has 0 aliphatic carbocycles. The van der Waals surface area contributed by atoms with Crippen LogP contribution in [0.1, 0.15) is 16.1 Å². The predicted molar refractivity (Wildman–Crippen MR) is 130 cm³/mol. The molecule has 8 nitrogen and oxygen atoms in total. The Morgan fingerprint density at radius 1 is 0.941 bits per heavy atom. The van der Waals surface area contributed by atoms with Crippen LogP contribution in [0.25, 0.3) is 22.3 Å². The number of ether oxygens (including phenoxy) is 1. The standard InChI is InChI=1S/C26H20N6O2/c27-24(33)20-8-1-2-9-22(20)31-26-21-14-19(34-16-18-7-3-4-13-29-18)10-11-23(21)30-25(32-26)17-6-5-12-28-15-17/h1-15H,16H2,(H2,27,33)(H,30,31,32). The molecule has 0 unspecified atom stereocenters. The van der Waals surface area contributed by atoms with Crippen LogP contribution in [-0.4, -0.2) is 25.8 Å². The third-order valence-electron chi connectivity index (χ3n) is 5.15. The highest BCUT2D eigenvalue weighted by atomic mass is 16.5. The first-order valence-corrected chi connectivity index (χ1v) is 10.6. The lowest BCUT2D eigenvalue weighted by Gasteiger charge is -2.14. The molecule has 1 amide bonds. The molecule has 0 atom stereocenters. The van der Waals surface area contributed by atoms with Crippen molar-refractivity contribution < 1.29 is 9.53 Å². The molecule has 0 aliphatic rings. The number of pyridine rings is 2. The van der Waals surface area contributed by atoms with E-state index in [-0.39, 0.29) is 0 Å². The number of hydrogen-bond donors (Lipinski definition) is 2. The van der Waals surface area contributed by atoms with E-state index in [1.54, 1.807) is 36.8 Å². The van der Waals surface area contributed by atoms with E-state index in [1.807, 2.05) is 54.6 Å². The third kappa shape index (κ3) is 4.51. The molecule has 0 saturated carbocycles. The zero-order valence-electron chi connectivity index (χ0n) is 18.1. The Labute approximate surface area is 195 Å². The van der Waals surface area contributed by atoms with Crippen molar-refractivity contribution in [3.8, 4) is 17.1 Å². The lowest BCUT2D eigenvalue weighted by atomic mass is 10.1. The van der Waals surface area contributed by atoms with Gasteiger partial charge in [0.25, 0.3) is 5.91 Å². The normalized spacial score (nSPS) is 10.7.